The van der Waals surface area contributed by atoms with E-state index >= 15 is 0 Å². The largest absolute Gasteiger partial charge is 0.496 e. The molecule has 4 rings (SSSR count). The summed E-state index contributed by atoms with van der Waals surface area (Å²) in [4.78, 5) is 17.0. The van der Waals surface area contributed by atoms with Crippen LogP contribution < -0.4 is 10.1 Å². The number of para-hydroxylation sites is 1. The van der Waals surface area contributed by atoms with E-state index < -0.39 is 0 Å². The lowest BCUT2D eigenvalue weighted by molar-refractivity contribution is -0.113. The zero-order valence-corrected chi connectivity index (χ0v) is 20.9. The number of carbonyl (C=O) groups excluding carboxylic acids is 1. The Morgan fingerprint density at radius 1 is 1.18 bits per heavy atom. The highest BCUT2D eigenvalue weighted by Crippen LogP contribution is 2.33. The molecule has 0 unspecified atom stereocenters. The summed E-state index contributed by atoms with van der Waals surface area (Å²) >= 11 is 14.9. The number of hydrogen-bond acceptors (Lipinski definition) is 7. The molecule has 11 heteroatoms. The summed E-state index contributed by atoms with van der Waals surface area (Å²) in [5, 5.41) is 15.5. The van der Waals surface area contributed by atoms with Gasteiger partial charge >= 0.3 is 0 Å². The summed E-state index contributed by atoms with van der Waals surface area (Å²) in [6, 6.07) is 12.9. The van der Waals surface area contributed by atoms with Crippen LogP contribution in [-0.2, 0) is 11.3 Å². The molecule has 170 valence electrons. The predicted octanol–water partition coefficient (Wildman–Crippen LogP) is 6.13. The normalized spacial score (nSPS) is 10.9. The van der Waals surface area contributed by atoms with Gasteiger partial charge in [0.2, 0.25) is 5.91 Å². The predicted molar refractivity (Wildman–Crippen MR) is 135 cm³/mol. The van der Waals surface area contributed by atoms with Crippen molar-refractivity contribution in [3.8, 4) is 28.4 Å². The quantitative estimate of drug-likeness (QED) is 0.281. The van der Waals surface area contributed by atoms with Crippen molar-refractivity contribution in [1.82, 2.24) is 19.7 Å². The molecule has 1 amide bonds. The Balaban J connectivity index is 1.43. The molecule has 0 saturated heterocycles. The molecule has 0 fully saturated rings. The van der Waals surface area contributed by atoms with Gasteiger partial charge in [0.05, 0.1) is 29.1 Å². The fourth-order valence-corrected chi connectivity index (χ4v) is 5.18. The van der Waals surface area contributed by atoms with Gasteiger partial charge in [-0.2, -0.15) is 0 Å². The fourth-order valence-electron chi connectivity index (χ4n) is 3.15. The Morgan fingerprint density at radius 3 is 2.76 bits per heavy atom. The third-order valence-corrected chi connectivity index (χ3v) is 6.94. The number of amides is 1. The third kappa shape index (κ3) is 5.33. The summed E-state index contributed by atoms with van der Waals surface area (Å²) in [5.74, 6) is 1.39. The van der Waals surface area contributed by atoms with E-state index in [4.69, 9.17) is 27.9 Å². The summed E-state index contributed by atoms with van der Waals surface area (Å²) in [6.07, 6.45) is 0. The highest BCUT2D eigenvalue weighted by molar-refractivity contribution is 7.99. The molecule has 0 bridgehead atoms. The van der Waals surface area contributed by atoms with Gasteiger partial charge in [0.15, 0.2) is 16.1 Å². The molecule has 2 heterocycles. The van der Waals surface area contributed by atoms with Gasteiger partial charge < -0.3 is 14.6 Å². The Hall–Kier alpha value is -2.59. The van der Waals surface area contributed by atoms with Gasteiger partial charge in [-0.3, -0.25) is 4.79 Å². The highest BCUT2D eigenvalue weighted by Gasteiger charge is 2.18. The Bertz CT molecular complexity index is 1290. The number of hydrogen-bond donors (Lipinski definition) is 1. The number of thiazole rings is 1. The number of halogens is 2. The molecular weight excluding hydrogens is 501 g/mol. The first-order valence-electron chi connectivity index (χ1n) is 9.90. The molecule has 0 aliphatic carbocycles. The number of methoxy groups -OCH3 is 1. The number of anilines is 1. The van der Waals surface area contributed by atoms with Crippen molar-refractivity contribution in [1.29, 1.82) is 0 Å². The van der Waals surface area contributed by atoms with Gasteiger partial charge in [-0.05, 0) is 37.3 Å². The number of carbonyl (C=O) groups is 1. The second-order valence-electron chi connectivity index (χ2n) is 6.75. The number of rotatable bonds is 8. The van der Waals surface area contributed by atoms with Crippen LogP contribution in [0.2, 0.25) is 10.0 Å². The minimum absolute atomic E-state index is 0.167. The van der Waals surface area contributed by atoms with Crippen LogP contribution in [-0.4, -0.2) is 38.5 Å². The topological polar surface area (TPSA) is 81.9 Å². The van der Waals surface area contributed by atoms with Crippen molar-refractivity contribution >= 4 is 57.3 Å². The van der Waals surface area contributed by atoms with E-state index in [1.165, 1.54) is 23.1 Å². The van der Waals surface area contributed by atoms with Gasteiger partial charge in [0.25, 0.3) is 0 Å². The number of benzene rings is 2. The average Bonchev–Trinajstić information content (AvgIpc) is 3.44. The number of thioether (sulfide) groups is 1. The lowest BCUT2D eigenvalue weighted by atomic mass is 10.2. The van der Waals surface area contributed by atoms with Crippen LogP contribution in [0, 0.1) is 0 Å². The molecule has 2 aromatic heterocycles. The summed E-state index contributed by atoms with van der Waals surface area (Å²) in [6.45, 7) is 2.66. The SMILES string of the molecule is CCn1c(SCC(=O)Nc2nc(-c3ccc(Cl)cc3Cl)cs2)nnc1-c1ccccc1OC. The maximum Gasteiger partial charge on any atom is 0.236 e. The van der Waals surface area contributed by atoms with Crippen molar-refractivity contribution in [2.24, 2.45) is 0 Å². The van der Waals surface area contributed by atoms with Crippen LogP contribution in [0.25, 0.3) is 22.6 Å². The molecule has 4 aromatic rings. The summed E-state index contributed by atoms with van der Waals surface area (Å²) in [7, 11) is 1.62. The monoisotopic (exact) mass is 519 g/mol. The van der Waals surface area contributed by atoms with Crippen LogP contribution in [0.1, 0.15) is 6.92 Å². The van der Waals surface area contributed by atoms with E-state index in [9.17, 15) is 4.79 Å². The molecule has 33 heavy (non-hydrogen) atoms. The Kier molecular flexibility index (Phi) is 7.54. The lowest BCUT2D eigenvalue weighted by Crippen LogP contribution is -2.14. The third-order valence-electron chi connectivity index (χ3n) is 4.67. The Labute approximate surface area is 209 Å². The minimum Gasteiger partial charge on any atom is -0.496 e. The first-order chi connectivity index (χ1) is 16.0. The molecular formula is C22H19Cl2N5O2S2. The van der Waals surface area contributed by atoms with E-state index in [-0.39, 0.29) is 11.7 Å². The fraction of sp³-hybridized carbons (Fsp3) is 0.182. The first-order valence-corrected chi connectivity index (χ1v) is 12.5. The molecule has 0 saturated carbocycles. The number of aromatic nitrogens is 4. The maximum atomic E-state index is 12.5. The number of nitrogens with zero attached hydrogens (tertiary/aromatic N) is 4. The molecule has 0 aliphatic heterocycles. The lowest BCUT2D eigenvalue weighted by Gasteiger charge is -2.10. The van der Waals surface area contributed by atoms with Crippen LogP contribution in [0.4, 0.5) is 5.13 Å². The number of nitrogens with one attached hydrogen (secondary N) is 1. The summed E-state index contributed by atoms with van der Waals surface area (Å²) in [5.41, 5.74) is 2.28. The van der Waals surface area contributed by atoms with Crippen molar-refractivity contribution in [3.05, 3.63) is 57.9 Å². The molecule has 0 aliphatic rings. The van der Waals surface area contributed by atoms with Gasteiger partial charge in [0, 0.05) is 22.5 Å². The van der Waals surface area contributed by atoms with Gasteiger partial charge in [0.1, 0.15) is 5.75 Å². The second kappa shape index (κ2) is 10.6. The van der Waals surface area contributed by atoms with Crippen LogP contribution in [0.3, 0.4) is 0 Å². The van der Waals surface area contributed by atoms with Crippen molar-refractivity contribution in [2.75, 3.05) is 18.2 Å². The highest BCUT2D eigenvalue weighted by atomic mass is 35.5. The van der Waals surface area contributed by atoms with Gasteiger partial charge in [-0.1, -0.05) is 47.1 Å². The van der Waals surface area contributed by atoms with E-state index in [2.05, 4.69) is 20.5 Å². The van der Waals surface area contributed by atoms with Crippen molar-refractivity contribution < 1.29 is 9.53 Å². The standard InChI is InChI=1S/C22H19Cl2N5O2S2/c1-3-29-20(15-6-4-5-7-18(15)31-2)27-28-22(29)33-12-19(30)26-21-25-17(11-32-21)14-9-8-13(23)10-16(14)24/h4-11H,3,12H2,1-2H3,(H,25,26,30). The maximum absolute atomic E-state index is 12.5. The average molecular weight is 520 g/mol. The Morgan fingerprint density at radius 2 is 2.00 bits per heavy atom. The van der Waals surface area contributed by atoms with Crippen molar-refractivity contribution in [2.45, 2.75) is 18.6 Å². The molecule has 0 radical (unpaired) electrons. The molecule has 0 spiro atoms. The molecule has 0 atom stereocenters. The van der Waals surface area contributed by atoms with E-state index in [0.29, 0.717) is 44.1 Å². The van der Waals surface area contributed by atoms with Crippen molar-refractivity contribution in [3.63, 3.8) is 0 Å². The smallest absolute Gasteiger partial charge is 0.236 e. The minimum atomic E-state index is -0.187. The van der Waals surface area contributed by atoms with Crippen LogP contribution in [0.15, 0.2) is 53.0 Å². The van der Waals surface area contributed by atoms with E-state index in [1.807, 2.05) is 41.1 Å². The zero-order valence-electron chi connectivity index (χ0n) is 17.7. The van der Waals surface area contributed by atoms with Gasteiger partial charge in [-0.25, -0.2) is 4.98 Å². The van der Waals surface area contributed by atoms with E-state index in [1.54, 1.807) is 25.3 Å². The molecule has 2 aromatic carbocycles. The van der Waals surface area contributed by atoms with Crippen LogP contribution in [0.5, 0.6) is 5.75 Å². The molecule has 7 nitrogen and oxygen atoms in total. The first kappa shape index (κ1) is 23.6. The second-order valence-corrected chi connectivity index (χ2v) is 9.39. The number of ether oxygens (including phenoxy) is 1. The molecule has 1 N–H and O–H groups in total. The van der Waals surface area contributed by atoms with Gasteiger partial charge in [-0.15, -0.1) is 21.5 Å². The van der Waals surface area contributed by atoms with E-state index in [0.717, 1.165) is 11.1 Å². The van der Waals surface area contributed by atoms with Crippen LogP contribution >= 0.6 is 46.3 Å². The zero-order chi connectivity index (χ0) is 23.4. The summed E-state index contributed by atoms with van der Waals surface area (Å²) < 4.78 is 7.41.